The molecule has 0 amide bonds. The minimum atomic E-state index is -0.991. The molecule has 6 N–H and O–H groups in total. The molecule has 0 unspecified atom stereocenters. The molecular formula is C7H15N3O4. The van der Waals surface area contributed by atoms with Crippen LogP contribution in [0.1, 0.15) is 19.3 Å². The van der Waals surface area contributed by atoms with Gasteiger partial charge in [0.05, 0.1) is 6.17 Å². The van der Waals surface area contributed by atoms with Crippen molar-refractivity contribution in [2.24, 2.45) is 5.73 Å². The molecule has 0 aliphatic carbocycles. The lowest BCUT2D eigenvalue weighted by molar-refractivity contribution is -0.137. The third-order valence-corrected chi connectivity index (χ3v) is 1.43. The molecule has 82 valence electrons. The van der Waals surface area contributed by atoms with E-state index in [1.165, 1.54) is 0 Å². The highest BCUT2D eigenvalue weighted by atomic mass is 16.4. The zero-order valence-electron chi connectivity index (χ0n) is 7.69. The van der Waals surface area contributed by atoms with Gasteiger partial charge in [-0.25, -0.2) is 10.9 Å². The smallest absolute Gasteiger partial charge is 0.318 e. The van der Waals surface area contributed by atoms with E-state index in [1.54, 1.807) is 0 Å². The van der Waals surface area contributed by atoms with Crippen LogP contribution in [0.3, 0.4) is 0 Å². The van der Waals surface area contributed by atoms with Crippen molar-refractivity contribution < 1.29 is 19.8 Å². The van der Waals surface area contributed by atoms with E-state index in [9.17, 15) is 9.59 Å². The molecule has 0 saturated carbocycles. The quantitative estimate of drug-likeness (QED) is 0.246. The Balaban J connectivity index is 3.32. The molecule has 7 heteroatoms. The number of nitrogens with one attached hydrogen (secondary N) is 2. The first-order chi connectivity index (χ1) is 6.52. The van der Waals surface area contributed by atoms with Gasteiger partial charge in [-0.1, -0.05) is 0 Å². The number of carboxylic acid groups (broad SMARTS) is 2. The van der Waals surface area contributed by atoms with E-state index in [1.807, 2.05) is 0 Å². The van der Waals surface area contributed by atoms with E-state index in [-0.39, 0.29) is 13.0 Å². The molecule has 0 rings (SSSR count). The van der Waals surface area contributed by atoms with Gasteiger partial charge < -0.3 is 15.9 Å². The molecule has 0 bridgehead atoms. The van der Waals surface area contributed by atoms with Crippen LogP contribution in [0.2, 0.25) is 0 Å². The van der Waals surface area contributed by atoms with E-state index in [4.69, 9.17) is 15.9 Å². The van der Waals surface area contributed by atoms with Crippen LogP contribution in [-0.2, 0) is 9.59 Å². The van der Waals surface area contributed by atoms with Crippen molar-refractivity contribution in [1.82, 2.24) is 10.9 Å². The second kappa shape index (κ2) is 7.25. The highest BCUT2D eigenvalue weighted by Gasteiger charge is 2.03. The van der Waals surface area contributed by atoms with Crippen LogP contribution in [0.5, 0.6) is 0 Å². The lowest BCUT2D eigenvalue weighted by Crippen LogP contribution is -2.47. The number of hydrogen-bond donors (Lipinski definition) is 5. The summed E-state index contributed by atoms with van der Waals surface area (Å²) in [7, 11) is 0. The van der Waals surface area contributed by atoms with Gasteiger partial charge in [0.2, 0.25) is 0 Å². The monoisotopic (exact) mass is 205 g/mol. The number of carboxylic acids is 2. The van der Waals surface area contributed by atoms with Crippen LogP contribution >= 0.6 is 0 Å². The number of rotatable bonds is 8. The highest BCUT2D eigenvalue weighted by Crippen LogP contribution is 1.95. The molecule has 1 atom stereocenters. The number of hydrogen-bond acceptors (Lipinski definition) is 5. The van der Waals surface area contributed by atoms with Gasteiger partial charge >= 0.3 is 11.9 Å². The Morgan fingerprint density at radius 3 is 2.43 bits per heavy atom. The van der Waals surface area contributed by atoms with Crippen molar-refractivity contribution in [2.75, 3.05) is 6.54 Å². The van der Waals surface area contributed by atoms with Gasteiger partial charge in [-0.2, -0.15) is 0 Å². The van der Waals surface area contributed by atoms with Crippen molar-refractivity contribution >= 4 is 11.9 Å². The van der Waals surface area contributed by atoms with Crippen molar-refractivity contribution in [3.8, 4) is 0 Å². The molecule has 0 aromatic carbocycles. The fourth-order valence-corrected chi connectivity index (χ4v) is 0.803. The predicted octanol–water partition coefficient (Wildman–Crippen LogP) is -1.30. The molecule has 0 saturated heterocycles. The fourth-order valence-electron chi connectivity index (χ4n) is 0.803. The van der Waals surface area contributed by atoms with Gasteiger partial charge in [0.15, 0.2) is 0 Å². The Labute approximate surface area is 81.3 Å². The standard InChI is InChI=1S/C7H15N3O4/c8-5(2-1-3-6(11)12)10-9-4-7(13)14/h5,9-10H,1-4,8H2,(H,11,12)(H,13,14)/t5-/m0/s1. The molecular weight excluding hydrogens is 190 g/mol. The first kappa shape index (κ1) is 12.8. The van der Waals surface area contributed by atoms with Gasteiger partial charge in [-0.3, -0.25) is 9.59 Å². The zero-order chi connectivity index (χ0) is 11.0. The summed E-state index contributed by atoms with van der Waals surface area (Å²) >= 11 is 0. The summed E-state index contributed by atoms with van der Waals surface area (Å²) in [5, 5.41) is 16.6. The minimum Gasteiger partial charge on any atom is -0.481 e. The van der Waals surface area contributed by atoms with Crippen molar-refractivity contribution in [3.63, 3.8) is 0 Å². The normalized spacial score (nSPS) is 12.4. The summed E-state index contributed by atoms with van der Waals surface area (Å²) in [5.41, 5.74) is 10.4. The third kappa shape index (κ3) is 8.91. The second-order valence-electron chi connectivity index (χ2n) is 2.78. The molecule has 0 heterocycles. The van der Waals surface area contributed by atoms with E-state index < -0.39 is 18.1 Å². The van der Waals surface area contributed by atoms with Crippen molar-refractivity contribution in [1.29, 1.82) is 0 Å². The maximum Gasteiger partial charge on any atom is 0.318 e. The molecule has 0 aliphatic rings. The van der Waals surface area contributed by atoms with E-state index in [2.05, 4.69) is 10.9 Å². The number of aliphatic carboxylic acids is 2. The predicted molar refractivity (Wildman–Crippen MR) is 48.2 cm³/mol. The lowest BCUT2D eigenvalue weighted by Gasteiger charge is -2.12. The Morgan fingerprint density at radius 1 is 1.29 bits per heavy atom. The highest BCUT2D eigenvalue weighted by molar-refractivity contribution is 5.68. The van der Waals surface area contributed by atoms with E-state index in [0.717, 1.165) is 0 Å². The molecule has 0 aliphatic heterocycles. The van der Waals surface area contributed by atoms with Crippen molar-refractivity contribution in [3.05, 3.63) is 0 Å². The largest absolute Gasteiger partial charge is 0.481 e. The van der Waals surface area contributed by atoms with Gasteiger partial charge in [-0.15, -0.1) is 0 Å². The van der Waals surface area contributed by atoms with E-state index in [0.29, 0.717) is 12.8 Å². The Kier molecular flexibility index (Phi) is 6.63. The molecule has 0 spiro atoms. The molecule has 0 aromatic rings. The first-order valence-corrected chi connectivity index (χ1v) is 4.20. The van der Waals surface area contributed by atoms with Crippen molar-refractivity contribution in [2.45, 2.75) is 25.4 Å². The Hall–Kier alpha value is -1.18. The zero-order valence-corrected chi connectivity index (χ0v) is 7.69. The first-order valence-electron chi connectivity index (χ1n) is 4.20. The van der Waals surface area contributed by atoms with Gasteiger partial charge in [-0.05, 0) is 12.8 Å². The van der Waals surface area contributed by atoms with Gasteiger partial charge in [0.1, 0.15) is 6.54 Å². The van der Waals surface area contributed by atoms with Crippen LogP contribution in [-0.4, -0.2) is 34.9 Å². The Bertz CT molecular complexity index is 177. The number of carbonyl (C=O) groups is 2. The molecule has 0 radical (unpaired) electrons. The summed E-state index contributed by atoms with van der Waals surface area (Å²) in [6, 6.07) is 0. The average Bonchev–Trinajstić information content (AvgIpc) is 2.02. The summed E-state index contributed by atoms with van der Waals surface area (Å²) in [6.45, 7) is -0.230. The number of hydrazine groups is 1. The second-order valence-corrected chi connectivity index (χ2v) is 2.78. The van der Waals surface area contributed by atoms with Crippen LogP contribution in [0.15, 0.2) is 0 Å². The summed E-state index contributed by atoms with van der Waals surface area (Å²) in [5.74, 6) is -1.86. The number of nitrogens with two attached hydrogens (primary N) is 1. The summed E-state index contributed by atoms with van der Waals surface area (Å²) in [4.78, 5) is 20.2. The topological polar surface area (TPSA) is 125 Å². The van der Waals surface area contributed by atoms with Gasteiger partial charge in [0.25, 0.3) is 0 Å². The maximum absolute atomic E-state index is 10.1. The SMILES string of the molecule is N[C@H](CCCC(=O)O)NNCC(=O)O. The molecule has 0 aromatic heterocycles. The summed E-state index contributed by atoms with van der Waals surface area (Å²) < 4.78 is 0. The van der Waals surface area contributed by atoms with Crippen LogP contribution in [0.4, 0.5) is 0 Å². The van der Waals surface area contributed by atoms with Crippen LogP contribution in [0.25, 0.3) is 0 Å². The van der Waals surface area contributed by atoms with Gasteiger partial charge in [0, 0.05) is 6.42 Å². The van der Waals surface area contributed by atoms with Crippen LogP contribution < -0.4 is 16.6 Å². The molecule has 7 nitrogen and oxygen atoms in total. The lowest BCUT2D eigenvalue weighted by atomic mass is 10.2. The average molecular weight is 205 g/mol. The molecule has 0 fully saturated rings. The molecule has 14 heavy (non-hydrogen) atoms. The summed E-state index contributed by atoms with van der Waals surface area (Å²) in [6.07, 6.45) is 0.555. The van der Waals surface area contributed by atoms with E-state index >= 15 is 0 Å². The minimum absolute atomic E-state index is 0.0638. The third-order valence-electron chi connectivity index (χ3n) is 1.43. The Morgan fingerprint density at radius 2 is 1.93 bits per heavy atom. The van der Waals surface area contributed by atoms with Crippen LogP contribution in [0, 0.1) is 0 Å². The maximum atomic E-state index is 10.1. The fraction of sp³-hybridized carbons (Fsp3) is 0.714.